The Labute approximate surface area is 165 Å². The lowest BCUT2D eigenvalue weighted by atomic mass is 9.71. The fourth-order valence-corrected chi connectivity index (χ4v) is 7.22. The molecule has 0 aromatic carbocycles. The lowest BCUT2D eigenvalue weighted by molar-refractivity contribution is -0.255. The number of fused-ring (bicyclic) bond motifs is 1. The first-order valence-electron chi connectivity index (χ1n) is 10.5. The van der Waals surface area contributed by atoms with Crippen LogP contribution in [0.2, 0.25) is 0 Å². The van der Waals surface area contributed by atoms with E-state index in [0.717, 1.165) is 31.6 Å². The predicted octanol–water partition coefficient (Wildman–Crippen LogP) is 2.87. The number of ether oxygens (including phenoxy) is 4. The summed E-state index contributed by atoms with van der Waals surface area (Å²) in [7, 11) is 1.57. The van der Waals surface area contributed by atoms with Crippen molar-refractivity contribution in [3.8, 4) is 0 Å². The summed E-state index contributed by atoms with van der Waals surface area (Å²) in [5.74, 6) is 1.38. The van der Waals surface area contributed by atoms with Crippen molar-refractivity contribution in [3.63, 3.8) is 0 Å². The van der Waals surface area contributed by atoms with E-state index in [-0.39, 0.29) is 29.4 Å². The molecule has 6 heterocycles. The van der Waals surface area contributed by atoms with Crippen molar-refractivity contribution < 1.29 is 23.7 Å². The van der Waals surface area contributed by atoms with E-state index in [0.29, 0.717) is 29.1 Å². The number of rotatable bonds is 3. The third-order valence-corrected chi connectivity index (χ3v) is 8.10. The lowest BCUT2D eigenvalue weighted by Gasteiger charge is -2.47. The molecule has 6 rings (SSSR count). The highest BCUT2D eigenvalue weighted by Crippen LogP contribution is 2.72. The normalized spacial score (nSPS) is 52.8. The van der Waals surface area contributed by atoms with Crippen molar-refractivity contribution in [3.05, 3.63) is 35.0 Å². The second-order valence-electron chi connectivity index (χ2n) is 9.02. The van der Waals surface area contributed by atoms with Gasteiger partial charge in [-0.2, -0.15) is 0 Å². The Balaban J connectivity index is 1.49. The molecule has 0 aromatic rings. The summed E-state index contributed by atoms with van der Waals surface area (Å²) >= 11 is 0. The Kier molecular flexibility index (Phi) is 3.19. The number of hydrogen-bond donors (Lipinski definition) is 0. The molecule has 28 heavy (non-hydrogen) atoms. The Bertz CT molecular complexity index is 874. The van der Waals surface area contributed by atoms with Crippen LogP contribution in [0.4, 0.5) is 0 Å². The Morgan fingerprint density at radius 2 is 2.21 bits per heavy atom. The molecular formula is C22H27NO5. The van der Waals surface area contributed by atoms with Gasteiger partial charge in [-0.05, 0) is 26.2 Å². The van der Waals surface area contributed by atoms with Crippen LogP contribution in [0.1, 0.15) is 40.0 Å². The molecule has 1 spiro atoms. The van der Waals surface area contributed by atoms with Gasteiger partial charge in [-0.15, -0.1) is 0 Å². The first-order valence-corrected chi connectivity index (χ1v) is 10.5. The van der Waals surface area contributed by atoms with Crippen LogP contribution < -0.4 is 0 Å². The van der Waals surface area contributed by atoms with Gasteiger partial charge in [0.05, 0.1) is 36.2 Å². The molecule has 0 saturated carbocycles. The monoisotopic (exact) mass is 385 g/mol. The van der Waals surface area contributed by atoms with E-state index in [2.05, 4.69) is 30.9 Å². The standard InChI is InChI=1S/C22H27NO5/c1-5-6-8-21-14-7-9-23(21)13-10-15(21)27-22(14)16(13)11(2)18(28-22)19-17(25-4)12(3)20(24)26-19/h6,8,11,13-16H,5,7,9-10H2,1-4H3/b8-6+,19-18-/t11-,13+,14?,15-,16+,21-,22?/m1/s1. The molecule has 0 radical (unpaired) electrons. The molecule has 6 aliphatic rings. The van der Waals surface area contributed by atoms with Gasteiger partial charge < -0.3 is 18.9 Å². The summed E-state index contributed by atoms with van der Waals surface area (Å²) in [6.45, 7) is 7.21. The predicted molar refractivity (Wildman–Crippen MR) is 99.6 cm³/mol. The molecule has 6 aliphatic heterocycles. The van der Waals surface area contributed by atoms with Crippen molar-refractivity contribution in [2.75, 3.05) is 13.7 Å². The minimum atomic E-state index is -0.609. The van der Waals surface area contributed by atoms with E-state index in [1.54, 1.807) is 14.0 Å². The largest absolute Gasteiger partial charge is 0.492 e. The molecule has 0 N–H and O–H groups in total. The van der Waals surface area contributed by atoms with E-state index in [9.17, 15) is 4.79 Å². The number of nitrogens with zero attached hydrogens (tertiary/aromatic N) is 1. The molecule has 6 nitrogen and oxygen atoms in total. The van der Waals surface area contributed by atoms with Crippen molar-refractivity contribution in [1.29, 1.82) is 0 Å². The SMILES string of the molecule is CC/C=C/[C@]12C3CCN1[C@H]1C[C@H]2OC32O/C(=C3\OC(=O)C(C)=C3OC)[C@H](C)[C@@H]12. The van der Waals surface area contributed by atoms with Crippen LogP contribution in [0.3, 0.4) is 0 Å². The van der Waals surface area contributed by atoms with Crippen LogP contribution in [0, 0.1) is 17.8 Å². The summed E-state index contributed by atoms with van der Waals surface area (Å²) in [4.78, 5) is 14.9. The van der Waals surface area contributed by atoms with Crippen LogP contribution >= 0.6 is 0 Å². The average Bonchev–Trinajstić information content (AvgIpc) is 3.38. The average molecular weight is 385 g/mol. The number of carbonyl (C=O) groups excluding carboxylic acids is 1. The van der Waals surface area contributed by atoms with E-state index in [4.69, 9.17) is 18.9 Å². The molecular weight excluding hydrogens is 358 g/mol. The highest BCUT2D eigenvalue weighted by molar-refractivity contribution is 5.93. The molecule has 0 aliphatic carbocycles. The number of methoxy groups -OCH3 is 1. The fourth-order valence-electron chi connectivity index (χ4n) is 7.22. The second-order valence-corrected chi connectivity index (χ2v) is 9.02. The minimum absolute atomic E-state index is 0.0286. The molecule has 6 heteroatoms. The van der Waals surface area contributed by atoms with Gasteiger partial charge in [-0.3, -0.25) is 4.90 Å². The molecule has 8 atom stereocenters. The number of hydrogen-bond acceptors (Lipinski definition) is 6. The highest BCUT2D eigenvalue weighted by Gasteiger charge is 2.83. The summed E-state index contributed by atoms with van der Waals surface area (Å²) in [5, 5.41) is 0. The molecule has 3 unspecified atom stereocenters. The van der Waals surface area contributed by atoms with E-state index >= 15 is 0 Å². The van der Waals surface area contributed by atoms with Gasteiger partial charge in [0.1, 0.15) is 5.76 Å². The quantitative estimate of drug-likeness (QED) is 0.550. The van der Waals surface area contributed by atoms with Crippen molar-refractivity contribution >= 4 is 5.97 Å². The maximum absolute atomic E-state index is 12.2. The van der Waals surface area contributed by atoms with Crippen LogP contribution in [0.5, 0.6) is 0 Å². The summed E-state index contributed by atoms with van der Waals surface area (Å²) in [5.41, 5.74) is 0.467. The van der Waals surface area contributed by atoms with Crippen molar-refractivity contribution in [2.45, 2.75) is 63.5 Å². The number of carbonyl (C=O) groups is 1. The van der Waals surface area contributed by atoms with Crippen LogP contribution in [0.25, 0.3) is 0 Å². The first kappa shape index (κ1) is 17.1. The van der Waals surface area contributed by atoms with Gasteiger partial charge in [0.25, 0.3) is 0 Å². The topological polar surface area (TPSA) is 57.2 Å². The smallest absolute Gasteiger partial charge is 0.343 e. The van der Waals surface area contributed by atoms with Gasteiger partial charge in [-0.25, -0.2) is 4.79 Å². The van der Waals surface area contributed by atoms with Gasteiger partial charge in [-0.1, -0.05) is 26.0 Å². The van der Waals surface area contributed by atoms with Crippen molar-refractivity contribution in [1.82, 2.24) is 4.90 Å². The molecule has 0 amide bonds. The third-order valence-electron chi connectivity index (χ3n) is 8.10. The number of cyclic esters (lactones) is 1. The molecule has 150 valence electrons. The summed E-state index contributed by atoms with van der Waals surface area (Å²) < 4.78 is 24.5. The van der Waals surface area contributed by atoms with Gasteiger partial charge in [0.2, 0.25) is 11.5 Å². The van der Waals surface area contributed by atoms with Crippen LogP contribution in [0.15, 0.2) is 35.0 Å². The number of piperidine rings is 1. The minimum Gasteiger partial charge on any atom is -0.492 e. The zero-order valence-corrected chi connectivity index (χ0v) is 16.9. The van der Waals surface area contributed by atoms with Crippen molar-refractivity contribution in [2.24, 2.45) is 17.8 Å². The molecule has 5 fully saturated rings. The van der Waals surface area contributed by atoms with Gasteiger partial charge in [0.15, 0.2) is 5.76 Å². The lowest BCUT2D eigenvalue weighted by Crippen LogP contribution is -2.60. The zero-order chi connectivity index (χ0) is 19.4. The zero-order valence-electron chi connectivity index (χ0n) is 16.9. The summed E-state index contributed by atoms with van der Waals surface area (Å²) in [6.07, 6.45) is 8.04. The Morgan fingerprint density at radius 1 is 1.39 bits per heavy atom. The molecule has 5 bridgehead atoms. The fraction of sp³-hybridized carbons (Fsp3) is 0.682. The van der Waals surface area contributed by atoms with E-state index in [1.165, 1.54) is 0 Å². The third kappa shape index (κ3) is 1.60. The van der Waals surface area contributed by atoms with Crippen LogP contribution in [-0.2, 0) is 23.7 Å². The van der Waals surface area contributed by atoms with E-state index in [1.807, 2.05) is 0 Å². The van der Waals surface area contributed by atoms with E-state index < -0.39 is 5.79 Å². The first-order chi connectivity index (χ1) is 13.5. The maximum Gasteiger partial charge on any atom is 0.343 e. The molecule has 0 aromatic heterocycles. The second kappa shape index (κ2) is 5.22. The Hall–Kier alpha value is -1.79. The van der Waals surface area contributed by atoms with Crippen LogP contribution in [-0.4, -0.2) is 48.0 Å². The van der Waals surface area contributed by atoms with Gasteiger partial charge >= 0.3 is 5.97 Å². The maximum atomic E-state index is 12.2. The van der Waals surface area contributed by atoms with Gasteiger partial charge in [0, 0.05) is 18.5 Å². The highest BCUT2D eigenvalue weighted by atomic mass is 16.7. The number of esters is 1. The Morgan fingerprint density at radius 3 is 2.96 bits per heavy atom. The number of allylic oxidation sites excluding steroid dienone is 2. The molecule has 5 saturated heterocycles. The summed E-state index contributed by atoms with van der Waals surface area (Å²) in [6, 6.07) is 0.445.